The molecular weight excluding hydrogens is 560 g/mol. The number of ether oxygens (including phenoxy) is 2. The molecule has 2 atom stereocenters. The van der Waals surface area contributed by atoms with Crippen molar-refractivity contribution < 1.29 is 23.9 Å². The van der Waals surface area contributed by atoms with Gasteiger partial charge in [-0.3, -0.25) is 9.63 Å². The zero-order valence-corrected chi connectivity index (χ0v) is 25.2. The van der Waals surface area contributed by atoms with Gasteiger partial charge in [-0.25, -0.2) is 4.79 Å². The first-order valence-electron chi connectivity index (χ1n) is 14.4. The van der Waals surface area contributed by atoms with Gasteiger partial charge in [0, 0.05) is 5.92 Å². The molecule has 0 aliphatic carbocycles. The molecule has 43 heavy (non-hydrogen) atoms. The molecule has 0 aliphatic rings. The molecule has 0 unspecified atom stereocenters. The van der Waals surface area contributed by atoms with Crippen molar-refractivity contribution in [3.63, 3.8) is 0 Å². The van der Waals surface area contributed by atoms with Gasteiger partial charge in [0.15, 0.2) is 0 Å². The number of rotatable bonds is 15. The second-order valence-electron chi connectivity index (χ2n) is 10.2. The van der Waals surface area contributed by atoms with E-state index in [1.807, 2.05) is 103 Å². The summed E-state index contributed by atoms with van der Waals surface area (Å²) in [4.78, 5) is 32.7. The van der Waals surface area contributed by atoms with Crippen LogP contribution in [0.3, 0.4) is 0 Å². The number of methoxy groups -OCH3 is 1. The minimum absolute atomic E-state index is 0.0763. The summed E-state index contributed by atoms with van der Waals surface area (Å²) in [5, 5.41) is 2.84. The molecule has 1 N–H and O–H groups in total. The van der Waals surface area contributed by atoms with Crippen molar-refractivity contribution in [1.82, 2.24) is 9.79 Å². The van der Waals surface area contributed by atoms with Crippen LogP contribution in [0.5, 0.6) is 5.75 Å². The van der Waals surface area contributed by atoms with Gasteiger partial charge in [-0.1, -0.05) is 110 Å². The molecule has 2 amide bonds. The summed E-state index contributed by atoms with van der Waals surface area (Å²) in [5.74, 6) is -0.181. The van der Waals surface area contributed by atoms with E-state index in [1.54, 1.807) is 7.11 Å². The highest BCUT2D eigenvalue weighted by atomic mass is 32.1. The molecule has 8 heteroatoms. The second kappa shape index (κ2) is 17.0. The lowest BCUT2D eigenvalue weighted by Gasteiger charge is -2.30. The number of unbranched alkanes of at least 4 members (excludes halogenated alkanes) is 1. The molecule has 0 saturated carbocycles. The van der Waals surface area contributed by atoms with E-state index in [4.69, 9.17) is 14.3 Å². The average molecular weight is 599 g/mol. The first kappa shape index (κ1) is 31.7. The SMILES string of the molecule is COc1ccc([C@@H](CCCCc2ccccc2)[C@@H](NC(=O)OCc2ccccc2)C(=O)N(S)OCc2ccccc2)cc1. The molecule has 224 valence electrons. The summed E-state index contributed by atoms with van der Waals surface area (Å²) in [6.07, 6.45) is 2.60. The lowest BCUT2D eigenvalue weighted by molar-refractivity contribution is -0.161. The monoisotopic (exact) mass is 598 g/mol. The third-order valence-electron chi connectivity index (χ3n) is 7.16. The van der Waals surface area contributed by atoms with Crippen LogP contribution in [0, 0.1) is 0 Å². The van der Waals surface area contributed by atoms with Gasteiger partial charge < -0.3 is 14.8 Å². The van der Waals surface area contributed by atoms with Gasteiger partial charge >= 0.3 is 6.09 Å². The molecule has 0 bridgehead atoms. The first-order valence-corrected chi connectivity index (χ1v) is 14.8. The highest BCUT2D eigenvalue weighted by Crippen LogP contribution is 2.30. The molecule has 4 rings (SSSR count). The zero-order valence-electron chi connectivity index (χ0n) is 24.3. The Kier molecular flexibility index (Phi) is 12.5. The number of hydrogen-bond acceptors (Lipinski definition) is 6. The molecule has 4 aromatic carbocycles. The number of carbonyl (C=O) groups is 2. The van der Waals surface area contributed by atoms with Gasteiger partial charge in [-0.2, -0.15) is 4.47 Å². The van der Waals surface area contributed by atoms with Crippen LogP contribution >= 0.6 is 12.8 Å². The maximum absolute atomic E-state index is 13.9. The van der Waals surface area contributed by atoms with Gasteiger partial charge in [0.1, 0.15) is 25.0 Å². The highest BCUT2D eigenvalue weighted by molar-refractivity contribution is 7.78. The smallest absolute Gasteiger partial charge is 0.408 e. The summed E-state index contributed by atoms with van der Waals surface area (Å²) in [6, 6.07) is 35.7. The van der Waals surface area contributed by atoms with Crippen molar-refractivity contribution in [3.8, 4) is 5.75 Å². The van der Waals surface area contributed by atoms with Crippen molar-refractivity contribution in [1.29, 1.82) is 0 Å². The van der Waals surface area contributed by atoms with Crippen LogP contribution in [0.15, 0.2) is 115 Å². The molecule has 0 radical (unpaired) electrons. The standard InChI is InChI=1S/C35H38N2O5S/c1-40-31-23-21-30(22-24-31)32(20-12-11-15-27-13-5-2-6-14-27)33(36-35(39)41-25-28-16-7-3-8-17-28)34(38)37(43)42-26-29-18-9-4-10-19-29/h2-10,13-14,16-19,21-24,32-33,43H,11-12,15,20,25-26H2,1H3,(H,36,39)/t32-,33-/m1/s1. The molecule has 7 nitrogen and oxygen atoms in total. The Hall–Kier alpha value is -4.27. The summed E-state index contributed by atoms with van der Waals surface area (Å²) in [6.45, 7) is 0.221. The van der Waals surface area contributed by atoms with E-state index < -0.39 is 18.0 Å². The number of amides is 2. The average Bonchev–Trinajstić information content (AvgIpc) is 3.06. The van der Waals surface area contributed by atoms with Crippen molar-refractivity contribution in [3.05, 3.63) is 138 Å². The highest BCUT2D eigenvalue weighted by Gasteiger charge is 2.34. The van der Waals surface area contributed by atoms with Gasteiger partial charge in [-0.05, 0) is 66.5 Å². The Morgan fingerprint density at radius 2 is 1.30 bits per heavy atom. The quantitative estimate of drug-likeness (QED) is 0.0854. The molecule has 0 aromatic heterocycles. The number of hydrogen-bond donors (Lipinski definition) is 2. The van der Waals surface area contributed by atoms with E-state index in [2.05, 4.69) is 30.3 Å². The Bertz CT molecular complexity index is 1390. The van der Waals surface area contributed by atoms with E-state index in [0.717, 1.165) is 40.4 Å². The van der Waals surface area contributed by atoms with Gasteiger partial charge in [0.05, 0.1) is 7.11 Å². The lowest BCUT2D eigenvalue weighted by atomic mass is 9.86. The number of nitrogens with one attached hydrogen (secondary N) is 1. The fraction of sp³-hybridized carbons (Fsp3) is 0.257. The minimum atomic E-state index is -0.998. The number of nitrogens with zero attached hydrogens (tertiary/aromatic N) is 1. The second-order valence-corrected chi connectivity index (χ2v) is 10.5. The third kappa shape index (κ3) is 10.2. The van der Waals surface area contributed by atoms with E-state index >= 15 is 0 Å². The van der Waals surface area contributed by atoms with Gasteiger partial charge in [-0.15, -0.1) is 0 Å². The fourth-order valence-corrected chi connectivity index (χ4v) is 5.02. The Morgan fingerprint density at radius 3 is 1.88 bits per heavy atom. The topological polar surface area (TPSA) is 77.1 Å². The van der Waals surface area contributed by atoms with E-state index in [9.17, 15) is 9.59 Å². The van der Waals surface area contributed by atoms with Crippen LogP contribution < -0.4 is 10.1 Å². The maximum Gasteiger partial charge on any atom is 0.408 e. The summed E-state index contributed by atoms with van der Waals surface area (Å²) >= 11 is 4.37. The molecular formula is C35H38N2O5S. The minimum Gasteiger partial charge on any atom is -0.497 e. The van der Waals surface area contributed by atoms with Gasteiger partial charge in [0.2, 0.25) is 0 Å². The Balaban J connectivity index is 1.53. The number of thiol groups is 1. The zero-order chi connectivity index (χ0) is 30.3. The molecule has 0 spiro atoms. The van der Waals surface area contributed by atoms with Crippen LogP contribution in [0.1, 0.15) is 47.4 Å². The summed E-state index contributed by atoms with van der Waals surface area (Å²) < 4.78 is 11.8. The maximum atomic E-state index is 13.9. The summed E-state index contributed by atoms with van der Waals surface area (Å²) in [7, 11) is 1.61. The fourth-order valence-electron chi connectivity index (χ4n) is 4.83. The number of aryl methyl sites for hydroxylation is 1. The van der Waals surface area contributed by atoms with Crippen LogP contribution in [-0.4, -0.2) is 29.6 Å². The molecule has 4 aromatic rings. The van der Waals surface area contributed by atoms with Crippen LogP contribution in [0.4, 0.5) is 4.79 Å². The van der Waals surface area contributed by atoms with Crippen LogP contribution in [-0.2, 0) is 34.0 Å². The number of hydroxylamine groups is 1. The van der Waals surface area contributed by atoms with Crippen LogP contribution in [0.25, 0.3) is 0 Å². The predicted octanol–water partition coefficient (Wildman–Crippen LogP) is 7.29. The lowest BCUT2D eigenvalue weighted by Crippen LogP contribution is -2.49. The Labute approximate surface area is 259 Å². The predicted molar refractivity (Wildman–Crippen MR) is 170 cm³/mol. The number of carbonyl (C=O) groups excluding carboxylic acids is 2. The summed E-state index contributed by atoms with van der Waals surface area (Å²) in [5.41, 5.74) is 3.87. The number of benzene rings is 4. The third-order valence-corrected chi connectivity index (χ3v) is 7.47. The van der Waals surface area contributed by atoms with E-state index in [0.29, 0.717) is 12.2 Å². The van der Waals surface area contributed by atoms with Crippen molar-refractivity contribution in [2.45, 2.75) is 50.9 Å². The molecule has 0 aliphatic heterocycles. The normalized spacial score (nSPS) is 12.1. The number of alkyl carbamates (subject to hydrolysis) is 1. The first-order chi connectivity index (χ1) is 21.0. The van der Waals surface area contributed by atoms with Gasteiger partial charge in [0.25, 0.3) is 5.91 Å². The van der Waals surface area contributed by atoms with E-state index in [-0.39, 0.29) is 19.1 Å². The van der Waals surface area contributed by atoms with Crippen molar-refractivity contribution in [2.24, 2.45) is 0 Å². The van der Waals surface area contributed by atoms with Crippen molar-refractivity contribution >= 4 is 24.8 Å². The Morgan fingerprint density at radius 1 is 0.744 bits per heavy atom. The molecule has 0 heterocycles. The largest absolute Gasteiger partial charge is 0.497 e. The van der Waals surface area contributed by atoms with E-state index in [1.165, 1.54) is 5.56 Å². The molecule has 0 fully saturated rings. The van der Waals surface area contributed by atoms with Crippen molar-refractivity contribution in [2.75, 3.05) is 7.11 Å². The van der Waals surface area contributed by atoms with Crippen LogP contribution in [0.2, 0.25) is 0 Å². The molecule has 0 saturated heterocycles.